The first kappa shape index (κ1) is 18.4. The van der Waals surface area contributed by atoms with Crippen LogP contribution in [-0.4, -0.2) is 34.7 Å². The molecule has 1 saturated heterocycles. The van der Waals surface area contributed by atoms with Crippen LogP contribution in [0, 0.1) is 0 Å². The third kappa shape index (κ3) is 2.31. The molecule has 0 saturated carbocycles. The predicted molar refractivity (Wildman–Crippen MR) is 118 cm³/mol. The SMILES string of the molecule is C[C@]1(c2ccccc2)Sc2ccccc2N2C(=O)[C@@H](N3C(=O)c4ccccc4C3=O)[C@@H]21. The molecule has 31 heavy (non-hydrogen) atoms. The molecular formula is C25H18N2O3S. The summed E-state index contributed by atoms with van der Waals surface area (Å²) in [6, 6.07) is 23.4. The number of carbonyl (C=O) groups excluding carboxylic acids is 3. The molecule has 3 aromatic rings. The van der Waals surface area contributed by atoms with Gasteiger partial charge in [0.2, 0.25) is 0 Å². The third-order valence-electron chi connectivity index (χ3n) is 6.53. The van der Waals surface area contributed by atoms with E-state index in [4.69, 9.17) is 0 Å². The number of rotatable bonds is 2. The van der Waals surface area contributed by atoms with Gasteiger partial charge in [0.15, 0.2) is 0 Å². The van der Waals surface area contributed by atoms with Crippen LogP contribution in [0.2, 0.25) is 0 Å². The molecule has 0 aliphatic carbocycles. The van der Waals surface area contributed by atoms with E-state index in [9.17, 15) is 14.4 Å². The molecule has 152 valence electrons. The zero-order chi connectivity index (χ0) is 21.3. The van der Waals surface area contributed by atoms with E-state index in [-0.39, 0.29) is 11.9 Å². The highest BCUT2D eigenvalue weighted by atomic mass is 32.2. The number of amides is 3. The van der Waals surface area contributed by atoms with Gasteiger partial charge in [0.1, 0.15) is 6.04 Å². The minimum Gasteiger partial charge on any atom is -0.302 e. The third-order valence-corrected chi connectivity index (χ3v) is 8.00. The fraction of sp³-hybridized carbons (Fsp3) is 0.160. The highest BCUT2D eigenvalue weighted by Gasteiger charge is 2.65. The fourth-order valence-corrected chi connectivity index (χ4v) is 6.52. The Morgan fingerprint density at radius 3 is 2.00 bits per heavy atom. The van der Waals surface area contributed by atoms with E-state index in [0.29, 0.717) is 11.1 Å². The van der Waals surface area contributed by atoms with E-state index in [1.807, 2.05) is 54.6 Å². The van der Waals surface area contributed by atoms with E-state index in [2.05, 4.69) is 6.92 Å². The molecule has 5 nitrogen and oxygen atoms in total. The summed E-state index contributed by atoms with van der Waals surface area (Å²) in [7, 11) is 0. The molecule has 3 amide bonds. The van der Waals surface area contributed by atoms with Gasteiger partial charge in [-0.3, -0.25) is 19.3 Å². The van der Waals surface area contributed by atoms with Gasteiger partial charge in [-0.15, -0.1) is 11.8 Å². The van der Waals surface area contributed by atoms with Crippen LogP contribution in [0.5, 0.6) is 0 Å². The van der Waals surface area contributed by atoms with E-state index in [1.54, 1.807) is 40.9 Å². The lowest BCUT2D eigenvalue weighted by molar-refractivity contribution is -0.131. The lowest BCUT2D eigenvalue weighted by Crippen LogP contribution is -2.77. The maximum atomic E-state index is 13.5. The van der Waals surface area contributed by atoms with Crippen LogP contribution >= 0.6 is 11.8 Å². The Labute approximate surface area is 183 Å². The van der Waals surface area contributed by atoms with Gasteiger partial charge in [-0.25, -0.2) is 0 Å². The normalized spacial score (nSPS) is 26.3. The zero-order valence-corrected chi connectivity index (χ0v) is 17.5. The lowest BCUT2D eigenvalue weighted by atomic mass is 9.78. The number of hydrogen-bond acceptors (Lipinski definition) is 4. The molecule has 0 unspecified atom stereocenters. The Hall–Kier alpha value is -3.38. The number of carbonyl (C=O) groups is 3. The van der Waals surface area contributed by atoms with Crippen LogP contribution in [-0.2, 0) is 9.54 Å². The van der Waals surface area contributed by atoms with Gasteiger partial charge in [0.05, 0.1) is 27.6 Å². The first-order chi connectivity index (χ1) is 15.0. The maximum absolute atomic E-state index is 13.5. The molecule has 0 N–H and O–H groups in total. The highest BCUT2D eigenvalue weighted by Crippen LogP contribution is 2.58. The van der Waals surface area contributed by atoms with Crippen molar-refractivity contribution in [3.63, 3.8) is 0 Å². The van der Waals surface area contributed by atoms with Crippen molar-refractivity contribution in [3.05, 3.63) is 95.6 Å². The van der Waals surface area contributed by atoms with Crippen molar-refractivity contribution in [2.75, 3.05) is 4.90 Å². The second-order valence-electron chi connectivity index (χ2n) is 8.17. The number of thioether (sulfide) groups is 1. The summed E-state index contributed by atoms with van der Waals surface area (Å²) in [6.45, 7) is 2.10. The summed E-state index contributed by atoms with van der Waals surface area (Å²) >= 11 is 1.68. The largest absolute Gasteiger partial charge is 0.302 e. The summed E-state index contributed by atoms with van der Waals surface area (Å²) in [5.41, 5.74) is 2.62. The Morgan fingerprint density at radius 2 is 1.32 bits per heavy atom. The first-order valence-electron chi connectivity index (χ1n) is 10.2. The van der Waals surface area contributed by atoms with Crippen molar-refractivity contribution < 1.29 is 14.4 Å². The molecule has 0 spiro atoms. The Balaban J connectivity index is 1.50. The monoisotopic (exact) mass is 426 g/mol. The van der Waals surface area contributed by atoms with E-state index in [0.717, 1.165) is 16.1 Å². The average molecular weight is 426 g/mol. The molecule has 3 aliphatic rings. The first-order valence-corrected chi connectivity index (χ1v) is 11.0. The quantitative estimate of drug-likeness (QED) is 0.458. The van der Waals surface area contributed by atoms with Crippen LogP contribution in [0.25, 0.3) is 0 Å². The van der Waals surface area contributed by atoms with Crippen molar-refractivity contribution >= 4 is 35.2 Å². The van der Waals surface area contributed by atoms with Crippen molar-refractivity contribution in [2.45, 2.75) is 28.6 Å². The van der Waals surface area contributed by atoms with Crippen LogP contribution in [0.15, 0.2) is 83.8 Å². The fourth-order valence-electron chi connectivity index (χ4n) is 5.03. The van der Waals surface area contributed by atoms with Crippen molar-refractivity contribution in [2.24, 2.45) is 0 Å². The number of benzene rings is 3. The van der Waals surface area contributed by atoms with Crippen molar-refractivity contribution in [1.82, 2.24) is 4.90 Å². The molecule has 0 aromatic heterocycles. The Kier molecular flexibility index (Phi) is 3.74. The highest BCUT2D eigenvalue weighted by molar-refractivity contribution is 8.00. The molecule has 1 fully saturated rings. The smallest absolute Gasteiger partial charge is 0.262 e. The summed E-state index contributed by atoms with van der Waals surface area (Å²) in [4.78, 5) is 43.8. The maximum Gasteiger partial charge on any atom is 0.262 e. The Bertz CT molecular complexity index is 1240. The van der Waals surface area contributed by atoms with Gasteiger partial charge >= 0.3 is 0 Å². The Morgan fingerprint density at radius 1 is 0.742 bits per heavy atom. The molecule has 0 bridgehead atoms. The zero-order valence-electron chi connectivity index (χ0n) is 16.7. The number of para-hydroxylation sites is 1. The van der Waals surface area contributed by atoms with Gasteiger partial charge < -0.3 is 4.90 Å². The number of fused-ring (bicyclic) bond motifs is 4. The molecule has 3 aromatic carbocycles. The number of imide groups is 1. The molecule has 6 heteroatoms. The molecule has 3 aliphatic heterocycles. The van der Waals surface area contributed by atoms with Gasteiger partial charge in [0.25, 0.3) is 17.7 Å². The molecular weight excluding hydrogens is 408 g/mol. The summed E-state index contributed by atoms with van der Waals surface area (Å²) in [6.07, 6.45) is 0. The second kappa shape index (κ2) is 6.31. The van der Waals surface area contributed by atoms with Crippen molar-refractivity contribution in [3.8, 4) is 0 Å². The summed E-state index contributed by atoms with van der Waals surface area (Å²) < 4.78 is -0.524. The van der Waals surface area contributed by atoms with Crippen LogP contribution in [0.3, 0.4) is 0 Å². The number of β-lactam (4-membered cyclic amide) rings is 1. The minimum absolute atomic E-state index is 0.214. The van der Waals surface area contributed by atoms with Crippen molar-refractivity contribution in [1.29, 1.82) is 0 Å². The number of nitrogens with zero attached hydrogens (tertiary/aromatic N) is 2. The molecule has 6 rings (SSSR count). The van der Waals surface area contributed by atoms with Gasteiger partial charge in [-0.1, -0.05) is 54.6 Å². The number of anilines is 1. The second-order valence-corrected chi connectivity index (χ2v) is 9.66. The molecule has 3 atom stereocenters. The van der Waals surface area contributed by atoms with E-state index < -0.39 is 22.6 Å². The lowest BCUT2D eigenvalue weighted by Gasteiger charge is -2.59. The summed E-state index contributed by atoms with van der Waals surface area (Å²) in [5, 5.41) is 0. The van der Waals surface area contributed by atoms with Gasteiger partial charge in [0, 0.05) is 4.90 Å². The van der Waals surface area contributed by atoms with E-state index >= 15 is 0 Å². The topological polar surface area (TPSA) is 57.7 Å². The predicted octanol–water partition coefficient (Wildman–Crippen LogP) is 4.09. The van der Waals surface area contributed by atoms with Gasteiger partial charge in [-0.05, 0) is 36.8 Å². The minimum atomic E-state index is -0.835. The number of hydrogen-bond donors (Lipinski definition) is 0. The molecule has 0 radical (unpaired) electrons. The summed E-state index contributed by atoms with van der Waals surface area (Å²) in [5.74, 6) is -0.995. The van der Waals surface area contributed by atoms with E-state index in [1.165, 1.54) is 4.90 Å². The molecule has 3 heterocycles. The van der Waals surface area contributed by atoms with Crippen LogP contribution in [0.1, 0.15) is 33.2 Å². The average Bonchev–Trinajstić information content (AvgIpc) is 3.04. The van der Waals surface area contributed by atoms with Gasteiger partial charge in [-0.2, -0.15) is 0 Å². The van der Waals surface area contributed by atoms with Crippen LogP contribution in [0.4, 0.5) is 5.69 Å². The van der Waals surface area contributed by atoms with Crippen LogP contribution < -0.4 is 4.90 Å². The standard InChI is InChI=1S/C25H18N2O3S/c1-25(15-9-3-2-4-10-15)21-20(24(30)26(21)18-13-7-8-14-19(18)31-25)27-22(28)16-11-5-6-12-17(16)23(27)29/h2-14,20-21H,1H3/t20-,21+,25+/m0/s1.